The standard InChI is InChI=1S/C27H29N3/c1-23(29-24-15-7-3-8-16-24)14-6-5-13-21-28-27(2)20-12-11-19-26(22-27)30-25-17-9-4-10-18-25/h3-7,9-12,14-15,17-20,22,28-30H,13,21H2,1-2H3/b6-5-,23-14+. The zero-order valence-corrected chi connectivity index (χ0v) is 17.7. The van der Waals surface area contributed by atoms with Gasteiger partial charge in [-0.2, -0.15) is 0 Å². The van der Waals surface area contributed by atoms with Gasteiger partial charge in [0.2, 0.25) is 0 Å². The summed E-state index contributed by atoms with van der Waals surface area (Å²) in [6, 6.07) is 22.0. The molecule has 2 aromatic rings. The summed E-state index contributed by atoms with van der Waals surface area (Å²) < 4.78 is 0. The Hall–Kier alpha value is -3.48. The van der Waals surface area contributed by atoms with E-state index in [2.05, 4.69) is 95.7 Å². The summed E-state index contributed by atoms with van der Waals surface area (Å²) in [6.07, 6.45) is 17.9. The molecule has 0 fully saturated rings. The molecular weight excluding hydrogens is 366 g/mol. The SMILES string of the molecule is C/C(=C\C=C/CCNC1(C)C=CC=CC(Nc2ccccc2)=C1)Nc1c#cccc1. The predicted octanol–water partition coefficient (Wildman–Crippen LogP) is 6.02. The molecule has 0 saturated carbocycles. The van der Waals surface area contributed by atoms with E-state index in [-0.39, 0.29) is 5.54 Å². The Morgan fingerprint density at radius 2 is 1.97 bits per heavy atom. The smallest absolute Gasteiger partial charge is 0.0898 e. The first-order valence-corrected chi connectivity index (χ1v) is 10.3. The Morgan fingerprint density at radius 3 is 2.77 bits per heavy atom. The third-order valence-electron chi connectivity index (χ3n) is 4.63. The Kier molecular flexibility index (Phi) is 7.71. The molecule has 3 N–H and O–H groups in total. The zero-order chi connectivity index (χ0) is 21.1. The fourth-order valence-electron chi connectivity index (χ4n) is 3.12. The van der Waals surface area contributed by atoms with Crippen molar-refractivity contribution < 1.29 is 0 Å². The van der Waals surface area contributed by atoms with E-state index in [0.717, 1.165) is 35.7 Å². The molecule has 0 aromatic heterocycles. The van der Waals surface area contributed by atoms with E-state index in [1.807, 2.05) is 43.3 Å². The van der Waals surface area contributed by atoms with Crippen molar-refractivity contribution >= 4 is 11.4 Å². The Balaban J connectivity index is 1.48. The molecule has 0 aliphatic heterocycles. The highest BCUT2D eigenvalue weighted by atomic mass is 15.0. The average molecular weight is 396 g/mol. The second-order valence-corrected chi connectivity index (χ2v) is 7.42. The molecule has 0 saturated heterocycles. The molecule has 0 bridgehead atoms. The maximum Gasteiger partial charge on any atom is 0.0898 e. The molecule has 0 heterocycles. The molecule has 0 amide bonds. The second kappa shape index (κ2) is 10.9. The average Bonchev–Trinajstić information content (AvgIpc) is 2.93. The Labute approximate surface area is 180 Å². The predicted molar refractivity (Wildman–Crippen MR) is 128 cm³/mol. The van der Waals surface area contributed by atoms with Gasteiger partial charge in [0.05, 0.1) is 11.2 Å². The molecule has 2 aromatic carbocycles. The molecule has 1 aliphatic rings. The van der Waals surface area contributed by atoms with Crippen LogP contribution in [-0.2, 0) is 0 Å². The molecule has 1 atom stereocenters. The summed E-state index contributed by atoms with van der Waals surface area (Å²) in [5.41, 5.74) is 3.95. The molecule has 0 radical (unpaired) electrons. The van der Waals surface area contributed by atoms with E-state index >= 15 is 0 Å². The van der Waals surface area contributed by atoms with Crippen LogP contribution in [0.1, 0.15) is 20.3 Å². The molecular formula is C27H29N3. The lowest BCUT2D eigenvalue weighted by Gasteiger charge is -2.24. The van der Waals surface area contributed by atoms with Crippen LogP contribution in [0.25, 0.3) is 0 Å². The van der Waals surface area contributed by atoms with Gasteiger partial charge in [-0.25, -0.2) is 0 Å². The summed E-state index contributed by atoms with van der Waals surface area (Å²) in [5.74, 6) is 0. The Bertz CT molecular complexity index is 937. The zero-order valence-electron chi connectivity index (χ0n) is 17.7. The minimum absolute atomic E-state index is 0.207. The van der Waals surface area contributed by atoms with Gasteiger partial charge in [-0.15, -0.1) is 0 Å². The molecule has 1 unspecified atom stereocenters. The molecule has 0 spiro atoms. The van der Waals surface area contributed by atoms with Crippen LogP contribution < -0.4 is 16.0 Å². The highest BCUT2D eigenvalue weighted by Gasteiger charge is 2.18. The number of rotatable bonds is 9. The monoisotopic (exact) mass is 395 g/mol. The largest absolute Gasteiger partial charge is 0.356 e. The quantitative estimate of drug-likeness (QED) is 0.359. The van der Waals surface area contributed by atoms with Crippen molar-refractivity contribution in [2.45, 2.75) is 25.8 Å². The summed E-state index contributed by atoms with van der Waals surface area (Å²) in [7, 11) is 0. The number of hydrogen-bond acceptors (Lipinski definition) is 3. The van der Waals surface area contributed by atoms with Crippen molar-refractivity contribution in [2.75, 3.05) is 17.2 Å². The molecule has 1 aliphatic carbocycles. The van der Waals surface area contributed by atoms with Crippen LogP contribution in [0, 0.1) is 12.1 Å². The third kappa shape index (κ3) is 7.16. The van der Waals surface area contributed by atoms with Crippen LogP contribution >= 0.6 is 0 Å². The fourth-order valence-corrected chi connectivity index (χ4v) is 3.12. The first-order chi connectivity index (χ1) is 14.6. The Morgan fingerprint density at radius 1 is 1.10 bits per heavy atom. The van der Waals surface area contributed by atoms with Gasteiger partial charge in [0.15, 0.2) is 0 Å². The van der Waals surface area contributed by atoms with Gasteiger partial charge in [-0.3, -0.25) is 0 Å². The van der Waals surface area contributed by atoms with Crippen LogP contribution in [0.15, 0.2) is 109 Å². The van der Waals surface area contributed by atoms with Crippen LogP contribution in [0.4, 0.5) is 11.4 Å². The van der Waals surface area contributed by atoms with Crippen LogP contribution in [0.3, 0.4) is 0 Å². The number of allylic oxidation sites excluding steroid dienone is 6. The highest BCUT2D eigenvalue weighted by molar-refractivity contribution is 5.52. The van der Waals surface area contributed by atoms with Gasteiger partial charge in [0.1, 0.15) is 0 Å². The number of anilines is 2. The van der Waals surface area contributed by atoms with Gasteiger partial charge in [0.25, 0.3) is 0 Å². The fraction of sp³-hybridized carbons (Fsp3) is 0.185. The second-order valence-electron chi connectivity index (χ2n) is 7.42. The van der Waals surface area contributed by atoms with Crippen molar-refractivity contribution in [3.63, 3.8) is 0 Å². The number of para-hydroxylation sites is 1. The number of nitrogens with one attached hydrogen (secondary N) is 3. The van der Waals surface area contributed by atoms with E-state index in [1.165, 1.54) is 0 Å². The number of benzene rings is 1. The van der Waals surface area contributed by atoms with Crippen molar-refractivity contribution in [3.05, 3.63) is 121 Å². The molecule has 152 valence electrons. The lowest BCUT2D eigenvalue weighted by molar-refractivity contribution is 0.529. The van der Waals surface area contributed by atoms with Crippen molar-refractivity contribution in [3.8, 4) is 0 Å². The van der Waals surface area contributed by atoms with E-state index in [9.17, 15) is 0 Å². The van der Waals surface area contributed by atoms with Crippen molar-refractivity contribution in [2.24, 2.45) is 0 Å². The maximum absolute atomic E-state index is 3.64. The summed E-state index contributed by atoms with van der Waals surface area (Å²) >= 11 is 0. The van der Waals surface area contributed by atoms with E-state index in [0.29, 0.717) is 0 Å². The first kappa shape index (κ1) is 21.2. The van der Waals surface area contributed by atoms with Crippen LogP contribution in [0.2, 0.25) is 0 Å². The summed E-state index contributed by atoms with van der Waals surface area (Å²) in [4.78, 5) is 0. The topological polar surface area (TPSA) is 36.1 Å². The molecule has 3 rings (SSSR count). The van der Waals surface area contributed by atoms with Crippen molar-refractivity contribution in [1.29, 1.82) is 0 Å². The van der Waals surface area contributed by atoms with Gasteiger partial charge in [0, 0.05) is 17.1 Å². The van der Waals surface area contributed by atoms with E-state index in [1.54, 1.807) is 0 Å². The van der Waals surface area contributed by atoms with E-state index in [4.69, 9.17) is 0 Å². The molecule has 30 heavy (non-hydrogen) atoms. The highest BCUT2D eigenvalue weighted by Crippen LogP contribution is 2.18. The minimum Gasteiger partial charge on any atom is -0.356 e. The lowest BCUT2D eigenvalue weighted by Crippen LogP contribution is -2.39. The lowest BCUT2D eigenvalue weighted by atomic mass is 10.0. The van der Waals surface area contributed by atoms with Gasteiger partial charge in [-0.05, 0) is 75.4 Å². The van der Waals surface area contributed by atoms with Gasteiger partial charge >= 0.3 is 0 Å². The van der Waals surface area contributed by atoms with E-state index < -0.39 is 0 Å². The number of hydrogen-bond donors (Lipinski definition) is 3. The molecule has 3 nitrogen and oxygen atoms in total. The minimum atomic E-state index is -0.207. The molecule has 3 heteroatoms. The van der Waals surface area contributed by atoms with Crippen molar-refractivity contribution in [1.82, 2.24) is 5.32 Å². The normalized spacial score (nSPS) is 18.6. The van der Waals surface area contributed by atoms with Gasteiger partial charge < -0.3 is 16.0 Å². The van der Waals surface area contributed by atoms with Crippen LogP contribution in [0.5, 0.6) is 0 Å². The summed E-state index contributed by atoms with van der Waals surface area (Å²) in [5, 5.41) is 10.4. The maximum atomic E-state index is 3.64. The first-order valence-electron chi connectivity index (χ1n) is 10.3. The third-order valence-corrected chi connectivity index (χ3v) is 4.63. The summed E-state index contributed by atoms with van der Waals surface area (Å²) in [6.45, 7) is 5.11. The van der Waals surface area contributed by atoms with Gasteiger partial charge in [-0.1, -0.05) is 60.7 Å². The van der Waals surface area contributed by atoms with Crippen LogP contribution in [-0.4, -0.2) is 12.1 Å².